The van der Waals surface area contributed by atoms with Crippen LogP contribution in [-0.4, -0.2) is 15.9 Å². The number of halogens is 1. The highest BCUT2D eigenvalue weighted by molar-refractivity contribution is 9.10. The smallest absolute Gasteiger partial charge is 0.267 e. The van der Waals surface area contributed by atoms with E-state index in [1.165, 1.54) is 11.0 Å². The fourth-order valence-electron chi connectivity index (χ4n) is 1.82. The predicted octanol–water partition coefficient (Wildman–Crippen LogP) is 3.04. The number of hydrogen-bond donors (Lipinski definition) is 0. The highest BCUT2D eigenvalue weighted by atomic mass is 79.9. The van der Waals surface area contributed by atoms with Crippen molar-refractivity contribution in [1.82, 2.24) is 9.66 Å². The molecule has 0 aliphatic rings. The van der Waals surface area contributed by atoms with Crippen LogP contribution in [0.1, 0.15) is 5.56 Å². The van der Waals surface area contributed by atoms with Gasteiger partial charge in [0, 0.05) is 4.47 Å². The molecule has 1 heterocycles. The van der Waals surface area contributed by atoms with Gasteiger partial charge in [-0.05, 0) is 29.8 Å². The third-order valence-electron chi connectivity index (χ3n) is 2.85. The Morgan fingerprint density at radius 3 is 2.65 bits per heavy atom. The van der Waals surface area contributed by atoms with Gasteiger partial charge in [-0.1, -0.05) is 40.2 Å². The Morgan fingerprint density at radius 2 is 1.85 bits per heavy atom. The fourth-order valence-corrected chi connectivity index (χ4v) is 2.08. The lowest BCUT2D eigenvalue weighted by atomic mass is 10.2. The molecule has 0 N–H and O–H groups in total. The summed E-state index contributed by atoms with van der Waals surface area (Å²) in [5.41, 5.74) is 1.41. The van der Waals surface area contributed by atoms with Crippen molar-refractivity contribution in [2.45, 2.75) is 0 Å². The summed E-state index contributed by atoms with van der Waals surface area (Å²) < 4.78 is 2.24. The maximum atomic E-state index is 12.2. The third kappa shape index (κ3) is 2.53. The summed E-state index contributed by atoms with van der Waals surface area (Å²) in [6.45, 7) is 0. The van der Waals surface area contributed by atoms with Gasteiger partial charge in [0.15, 0.2) is 0 Å². The molecule has 0 amide bonds. The van der Waals surface area contributed by atoms with Gasteiger partial charge in [-0.25, -0.2) is 4.98 Å². The molecule has 3 rings (SSSR count). The fraction of sp³-hybridized carbons (Fsp3) is 0. The van der Waals surface area contributed by atoms with Crippen LogP contribution in [0.2, 0.25) is 0 Å². The number of nitrogens with zero attached hydrogens (tertiary/aromatic N) is 3. The maximum Gasteiger partial charge on any atom is 0.281 e. The van der Waals surface area contributed by atoms with Crippen molar-refractivity contribution in [3.63, 3.8) is 0 Å². The van der Waals surface area contributed by atoms with Crippen LogP contribution in [0.3, 0.4) is 0 Å². The van der Waals surface area contributed by atoms with Crippen LogP contribution in [0.25, 0.3) is 10.9 Å². The Labute approximate surface area is 123 Å². The van der Waals surface area contributed by atoms with E-state index < -0.39 is 0 Å². The number of rotatable bonds is 2. The maximum absolute atomic E-state index is 12.2. The zero-order valence-electron chi connectivity index (χ0n) is 10.4. The highest BCUT2D eigenvalue weighted by Crippen LogP contribution is 2.09. The lowest BCUT2D eigenvalue weighted by molar-refractivity contribution is 0.817. The van der Waals surface area contributed by atoms with Gasteiger partial charge in [0.25, 0.3) is 5.56 Å². The van der Waals surface area contributed by atoms with E-state index in [1.54, 1.807) is 18.3 Å². The third-order valence-corrected chi connectivity index (χ3v) is 3.38. The summed E-state index contributed by atoms with van der Waals surface area (Å²) in [5, 5.41) is 4.72. The molecule has 5 heteroatoms. The first-order chi connectivity index (χ1) is 9.74. The van der Waals surface area contributed by atoms with Crippen molar-refractivity contribution in [3.05, 3.63) is 75.2 Å². The van der Waals surface area contributed by atoms with E-state index in [0.29, 0.717) is 10.9 Å². The average molecular weight is 328 g/mol. The summed E-state index contributed by atoms with van der Waals surface area (Å²) in [4.78, 5) is 16.4. The molecular weight excluding hydrogens is 318 g/mol. The first kappa shape index (κ1) is 12.7. The van der Waals surface area contributed by atoms with Crippen molar-refractivity contribution in [2.75, 3.05) is 0 Å². The standard InChI is InChI=1S/C15H10BrN3O/c16-12-7-5-11(6-8-12)9-18-19-10-17-14-4-2-1-3-13(14)15(19)20/h1-10H/b18-9+. The topological polar surface area (TPSA) is 47.2 Å². The molecule has 3 aromatic rings. The predicted molar refractivity (Wildman–Crippen MR) is 83.1 cm³/mol. The first-order valence-electron chi connectivity index (χ1n) is 6.00. The Kier molecular flexibility index (Phi) is 3.43. The van der Waals surface area contributed by atoms with Crippen LogP contribution in [0.5, 0.6) is 0 Å². The Bertz CT molecular complexity index is 838. The van der Waals surface area contributed by atoms with E-state index in [4.69, 9.17) is 0 Å². The van der Waals surface area contributed by atoms with Crippen LogP contribution in [0.15, 0.2) is 69.2 Å². The van der Waals surface area contributed by atoms with Gasteiger partial charge < -0.3 is 0 Å². The summed E-state index contributed by atoms with van der Waals surface area (Å²) in [6, 6.07) is 14.9. The Balaban J connectivity index is 2.01. The highest BCUT2D eigenvalue weighted by Gasteiger charge is 2.01. The zero-order chi connectivity index (χ0) is 13.9. The summed E-state index contributed by atoms with van der Waals surface area (Å²) in [7, 11) is 0. The van der Waals surface area contributed by atoms with Crippen molar-refractivity contribution in [1.29, 1.82) is 0 Å². The van der Waals surface area contributed by atoms with E-state index in [-0.39, 0.29) is 5.56 Å². The normalized spacial score (nSPS) is 11.2. The molecule has 0 aliphatic carbocycles. The second kappa shape index (κ2) is 5.38. The number of aromatic nitrogens is 2. The minimum atomic E-state index is -0.177. The Hall–Kier alpha value is -2.27. The average Bonchev–Trinajstić information content (AvgIpc) is 2.49. The quantitative estimate of drug-likeness (QED) is 0.679. The molecule has 0 bridgehead atoms. The second-order valence-electron chi connectivity index (χ2n) is 4.21. The van der Waals surface area contributed by atoms with E-state index in [1.807, 2.05) is 36.4 Å². The van der Waals surface area contributed by atoms with Crippen LogP contribution < -0.4 is 5.56 Å². The van der Waals surface area contributed by atoms with E-state index in [0.717, 1.165) is 10.0 Å². The minimum absolute atomic E-state index is 0.177. The van der Waals surface area contributed by atoms with Gasteiger partial charge in [-0.15, -0.1) is 0 Å². The van der Waals surface area contributed by atoms with Gasteiger partial charge in [-0.3, -0.25) is 4.79 Å². The van der Waals surface area contributed by atoms with Crippen LogP contribution in [-0.2, 0) is 0 Å². The largest absolute Gasteiger partial charge is 0.281 e. The minimum Gasteiger partial charge on any atom is -0.267 e. The molecule has 98 valence electrons. The van der Waals surface area contributed by atoms with E-state index in [9.17, 15) is 4.79 Å². The number of benzene rings is 2. The van der Waals surface area contributed by atoms with Crippen molar-refractivity contribution >= 4 is 33.0 Å². The van der Waals surface area contributed by atoms with Crippen molar-refractivity contribution in [3.8, 4) is 0 Å². The molecule has 0 fully saturated rings. The SMILES string of the molecule is O=c1c2ccccc2ncn1/N=C/c1ccc(Br)cc1. The number of fused-ring (bicyclic) bond motifs is 1. The molecule has 0 radical (unpaired) electrons. The molecule has 20 heavy (non-hydrogen) atoms. The molecule has 0 spiro atoms. The number of hydrogen-bond acceptors (Lipinski definition) is 3. The van der Waals surface area contributed by atoms with Crippen LogP contribution in [0.4, 0.5) is 0 Å². The first-order valence-corrected chi connectivity index (χ1v) is 6.80. The molecule has 0 saturated heterocycles. The molecule has 1 aromatic heterocycles. The summed E-state index contributed by atoms with van der Waals surface area (Å²) in [6.07, 6.45) is 3.06. The molecule has 0 aliphatic heterocycles. The lowest BCUT2D eigenvalue weighted by Crippen LogP contribution is -2.16. The molecule has 0 saturated carbocycles. The molecule has 4 nitrogen and oxygen atoms in total. The molecule has 0 unspecified atom stereocenters. The van der Waals surface area contributed by atoms with Gasteiger partial charge in [0.05, 0.1) is 17.1 Å². The molecule has 2 aromatic carbocycles. The molecule has 0 atom stereocenters. The monoisotopic (exact) mass is 327 g/mol. The van der Waals surface area contributed by atoms with Gasteiger partial charge in [0.2, 0.25) is 0 Å². The Morgan fingerprint density at radius 1 is 1.10 bits per heavy atom. The summed E-state index contributed by atoms with van der Waals surface area (Å²) in [5.74, 6) is 0. The van der Waals surface area contributed by atoms with Gasteiger partial charge in [-0.2, -0.15) is 9.78 Å². The lowest BCUT2D eigenvalue weighted by Gasteiger charge is -2.00. The van der Waals surface area contributed by atoms with Gasteiger partial charge >= 0.3 is 0 Å². The summed E-state index contributed by atoms with van der Waals surface area (Å²) >= 11 is 3.37. The van der Waals surface area contributed by atoms with E-state index in [2.05, 4.69) is 26.0 Å². The van der Waals surface area contributed by atoms with Crippen LogP contribution >= 0.6 is 15.9 Å². The van der Waals surface area contributed by atoms with Crippen molar-refractivity contribution < 1.29 is 0 Å². The van der Waals surface area contributed by atoms with Crippen LogP contribution in [0, 0.1) is 0 Å². The van der Waals surface area contributed by atoms with Gasteiger partial charge in [0.1, 0.15) is 6.33 Å². The molecular formula is C15H10BrN3O. The van der Waals surface area contributed by atoms with E-state index >= 15 is 0 Å². The zero-order valence-corrected chi connectivity index (χ0v) is 12.0. The number of para-hydroxylation sites is 1. The van der Waals surface area contributed by atoms with Crippen molar-refractivity contribution in [2.24, 2.45) is 5.10 Å². The second-order valence-corrected chi connectivity index (χ2v) is 5.12.